The van der Waals surface area contributed by atoms with Gasteiger partial charge >= 0.3 is 0 Å². The quantitative estimate of drug-likeness (QED) is 0.537. The second-order valence-electron chi connectivity index (χ2n) is 5.81. The summed E-state index contributed by atoms with van der Waals surface area (Å²) in [6.07, 6.45) is 1.64. The monoisotopic (exact) mass is 351 g/mol. The molecule has 0 aliphatic rings. The van der Waals surface area contributed by atoms with E-state index >= 15 is 0 Å². The Morgan fingerprint density at radius 3 is 2.27 bits per heavy atom. The van der Waals surface area contributed by atoms with Gasteiger partial charge in [-0.25, -0.2) is 18.4 Å². The molecule has 0 unspecified atom stereocenters. The predicted molar refractivity (Wildman–Crippen MR) is 93.8 cm³/mol. The minimum Gasteiger partial charge on any atom is -0.471 e. The van der Waals surface area contributed by atoms with Crippen LogP contribution >= 0.6 is 0 Å². The summed E-state index contributed by atoms with van der Waals surface area (Å²) in [4.78, 5) is 4.32. The summed E-state index contributed by atoms with van der Waals surface area (Å²) in [5.74, 6) is -0.297. The molecule has 0 fully saturated rings. The van der Waals surface area contributed by atoms with Gasteiger partial charge in [-0.05, 0) is 24.3 Å². The highest BCUT2D eigenvalue weighted by molar-refractivity contribution is 5.81. The Hall–Kier alpha value is -3.28. The zero-order chi connectivity index (χ0) is 17.9. The van der Waals surface area contributed by atoms with E-state index in [0.717, 1.165) is 0 Å². The van der Waals surface area contributed by atoms with Crippen LogP contribution in [0.2, 0.25) is 0 Å². The zero-order valence-electron chi connectivity index (χ0n) is 13.8. The van der Waals surface area contributed by atoms with Crippen LogP contribution in [0, 0.1) is 11.6 Å². The molecule has 2 aromatic heterocycles. The maximum Gasteiger partial charge on any atom is 0.242 e. The van der Waals surface area contributed by atoms with Gasteiger partial charge in [0.15, 0.2) is 5.65 Å². The number of nitrogens with zero attached hydrogens (tertiary/aromatic N) is 3. The lowest BCUT2D eigenvalue weighted by Crippen LogP contribution is -2.05. The molecule has 2 aromatic carbocycles. The SMILES string of the molecule is Fc1ccccc1COc1nn(Cc2ccccc2F)c2ncccc12. The van der Waals surface area contributed by atoms with Gasteiger partial charge in [0, 0.05) is 17.3 Å². The van der Waals surface area contributed by atoms with Gasteiger partial charge < -0.3 is 4.74 Å². The lowest BCUT2D eigenvalue weighted by molar-refractivity contribution is 0.287. The van der Waals surface area contributed by atoms with E-state index in [0.29, 0.717) is 28.0 Å². The van der Waals surface area contributed by atoms with Crippen molar-refractivity contribution in [1.82, 2.24) is 14.8 Å². The number of benzene rings is 2. The average Bonchev–Trinajstić information content (AvgIpc) is 3.01. The number of hydrogen-bond acceptors (Lipinski definition) is 3. The third kappa shape index (κ3) is 3.13. The zero-order valence-corrected chi connectivity index (χ0v) is 13.8. The fourth-order valence-electron chi connectivity index (χ4n) is 2.75. The summed E-state index contributed by atoms with van der Waals surface area (Å²) in [6, 6.07) is 16.5. The number of rotatable bonds is 5. The molecule has 4 rings (SSSR count). The van der Waals surface area contributed by atoms with E-state index < -0.39 is 0 Å². The van der Waals surface area contributed by atoms with E-state index in [9.17, 15) is 8.78 Å². The van der Waals surface area contributed by atoms with Gasteiger partial charge in [-0.3, -0.25) is 0 Å². The Morgan fingerprint density at radius 2 is 1.54 bits per heavy atom. The highest BCUT2D eigenvalue weighted by Gasteiger charge is 2.14. The molecule has 0 aliphatic carbocycles. The van der Waals surface area contributed by atoms with Gasteiger partial charge in [-0.15, -0.1) is 5.10 Å². The van der Waals surface area contributed by atoms with Gasteiger partial charge in [-0.1, -0.05) is 36.4 Å². The molecule has 4 nitrogen and oxygen atoms in total. The molecule has 0 amide bonds. The highest BCUT2D eigenvalue weighted by atomic mass is 19.1. The van der Waals surface area contributed by atoms with Crippen molar-refractivity contribution in [1.29, 1.82) is 0 Å². The number of aromatic nitrogens is 3. The Morgan fingerprint density at radius 1 is 0.846 bits per heavy atom. The number of fused-ring (bicyclic) bond motifs is 1. The minimum atomic E-state index is -0.333. The number of halogens is 2. The van der Waals surface area contributed by atoms with Crippen molar-refractivity contribution in [3.63, 3.8) is 0 Å². The molecule has 2 heterocycles. The Kier molecular flexibility index (Phi) is 4.31. The molecular formula is C20H15F2N3O. The van der Waals surface area contributed by atoms with Crippen molar-refractivity contribution in [2.75, 3.05) is 0 Å². The fraction of sp³-hybridized carbons (Fsp3) is 0.100. The molecule has 4 aromatic rings. The third-order valence-corrected chi connectivity index (χ3v) is 4.07. The molecule has 6 heteroatoms. The van der Waals surface area contributed by atoms with E-state index in [-0.39, 0.29) is 24.8 Å². The topological polar surface area (TPSA) is 39.9 Å². The van der Waals surface area contributed by atoms with Crippen molar-refractivity contribution in [3.8, 4) is 5.88 Å². The second kappa shape index (κ2) is 6.92. The molecule has 0 spiro atoms. The highest BCUT2D eigenvalue weighted by Crippen LogP contribution is 2.25. The van der Waals surface area contributed by atoms with Crippen molar-refractivity contribution < 1.29 is 13.5 Å². The first kappa shape index (κ1) is 16.2. The van der Waals surface area contributed by atoms with Crippen molar-refractivity contribution in [2.24, 2.45) is 0 Å². The van der Waals surface area contributed by atoms with Gasteiger partial charge in [0.1, 0.15) is 18.2 Å². The largest absolute Gasteiger partial charge is 0.471 e. The van der Waals surface area contributed by atoms with Crippen LogP contribution in [0.5, 0.6) is 5.88 Å². The minimum absolute atomic E-state index is 0.0490. The van der Waals surface area contributed by atoms with Gasteiger partial charge in [-0.2, -0.15) is 0 Å². The number of pyridine rings is 1. The summed E-state index contributed by atoms with van der Waals surface area (Å²) in [7, 11) is 0. The first-order chi connectivity index (χ1) is 12.7. The van der Waals surface area contributed by atoms with Crippen LogP contribution in [0.25, 0.3) is 11.0 Å². The van der Waals surface area contributed by atoms with Crippen LogP contribution in [0.3, 0.4) is 0 Å². The molecule has 0 radical (unpaired) electrons. The predicted octanol–water partition coefficient (Wildman–Crippen LogP) is 4.34. The molecule has 130 valence electrons. The first-order valence-corrected chi connectivity index (χ1v) is 8.13. The van der Waals surface area contributed by atoms with Crippen LogP contribution in [0.1, 0.15) is 11.1 Å². The standard InChI is InChI=1S/C20H15F2N3O/c21-17-9-3-1-6-14(17)12-25-19-16(8-5-11-23-19)20(24-25)26-13-15-7-2-4-10-18(15)22/h1-11H,12-13H2. The Labute approximate surface area is 148 Å². The molecule has 0 N–H and O–H groups in total. The van der Waals surface area contributed by atoms with Gasteiger partial charge in [0.25, 0.3) is 0 Å². The van der Waals surface area contributed by atoms with E-state index in [2.05, 4.69) is 10.1 Å². The summed E-state index contributed by atoms with van der Waals surface area (Å²) in [5.41, 5.74) is 1.52. The fourth-order valence-corrected chi connectivity index (χ4v) is 2.75. The van der Waals surface area contributed by atoms with E-state index in [1.54, 1.807) is 53.3 Å². The third-order valence-electron chi connectivity index (χ3n) is 4.07. The van der Waals surface area contributed by atoms with E-state index in [1.165, 1.54) is 12.1 Å². The first-order valence-electron chi connectivity index (χ1n) is 8.13. The van der Waals surface area contributed by atoms with E-state index in [4.69, 9.17) is 4.74 Å². The molecular weight excluding hydrogens is 336 g/mol. The van der Waals surface area contributed by atoms with Crippen LogP contribution < -0.4 is 4.74 Å². The summed E-state index contributed by atoms with van der Waals surface area (Å²) in [6.45, 7) is 0.274. The number of ether oxygens (including phenoxy) is 1. The molecule has 0 bridgehead atoms. The Bertz CT molecular complexity index is 1060. The second-order valence-corrected chi connectivity index (χ2v) is 5.81. The van der Waals surface area contributed by atoms with Crippen LogP contribution in [0.4, 0.5) is 8.78 Å². The van der Waals surface area contributed by atoms with E-state index in [1.807, 2.05) is 6.07 Å². The van der Waals surface area contributed by atoms with Crippen LogP contribution in [-0.2, 0) is 13.2 Å². The van der Waals surface area contributed by atoms with Gasteiger partial charge in [0.05, 0.1) is 11.9 Å². The lowest BCUT2D eigenvalue weighted by Gasteiger charge is -2.05. The molecule has 0 atom stereocenters. The molecule has 0 saturated carbocycles. The normalized spacial score (nSPS) is 11.0. The summed E-state index contributed by atoms with van der Waals surface area (Å²) >= 11 is 0. The van der Waals surface area contributed by atoms with Crippen LogP contribution in [0.15, 0.2) is 66.9 Å². The average molecular weight is 351 g/mol. The summed E-state index contributed by atoms with van der Waals surface area (Å²) < 4.78 is 35.1. The van der Waals surface area contributed by atoms with Gasteiger partial charge in [0.2, 0.25) is 5.88 Å². The summed E-state index contributed by atoms with van der Waals surface area (Å²) in [5, 5.41) is 5.11. The lowest BCUT2D eigenvalue weighted by atomic mass is 10.2. The van der Waals surface area contributed by atoms with Crippen molar-refractivity contribution in [2.45, 2.75) is 13.2 Å². The van der Waals surface area contributed by atoms with Crippen molar-refractivity contribution in [3.05, 3.63) is 89.6 Å². The maximum atomic E-state index is 14.0. The van der Waals surface area contributed by atoms with Crippen molar-refractivity contribution >= 4 is 11.0 Å². The molecule has 26 heavy (non-hydrogen) atoms. The number of hydrogen-bond donors (Lipinski definition) is 0. The maximum absolute atomic E-state index is 14.0. The smallest absolute Gasteiger partial charge is 0.242 e. The van der Waals surface area contributed by atoms with Crippen LogP contribution in [-0.4, -0.2) is 14.8 Å². The molecule has 0 aliphatic heterocycles. The Balaban J connectivity index is 1.66. The molecule has 0 saturated heterocycles.